The van der Waals surface area contributed by atoms with E-state index in [9.17, 15) is 0 Å². The zero-order valence-corrected chi connectivity index (χ0v) is 20.6. The summed E-state index contributed by atoms with van der Waals surface area (Å²) in [7, 11) is 2.13. The molecule has 0 unspecified atom stereocenters. The summed E-state index contributed by atoms with van der Waals surface area (Å²) in [5.74, 6) is 0. The van der Waals surface area contributed by atoms with E-state index < -0.39 is 0 Å². The lowest BCUT2D eigenvalue weighted by atomic mass is 9.88. The number of fused-ring (bicyclic) bond motifs is 7. The molecule has 4 aromatic carbocycles. The number of benzene rings is 4. The second kappa shape index (κ2) is 7.43. The first-order valence-corrected chi connectivity index (χ1v) is 12.1. The lowest BCUT2D eigenvalue weighted by molar-refractivity contribution is -0.660. The Morgan fingerprint density at radius 3 is 2.29 bits per heavy atom. The third kappa shape index (κ3) is 3.28. The number of hydrogen-bond donors (Lipinski definition) is 0. The Labute approximate surface area is 200 Å². The van der Waals surface area contributed by atoms with Crippen molar-refractivity contribution in [2.75, 3.05) is 0 Å². The van der Waals surface area contributed by atoms with Gasteiger partial charge in [-0.05, 0) is 52.1 Å². The first kappa shape index (κ1) is 20.9. The molecule has 0 N–H and O–H groups in total. The van der Waals surface area contributed by atoms with Crippen LogP contribution in [0.25, 0.3) is 54.7 Å². The second-order valence-electron chi connectivity index (χ2n) is 10.8. The molecule has 0 bridgehead atoms. The Kier molecular flexibility index (Phi) is 4.57. The van der Waals surface area contributed by atoms with E-state index in [1.54, 1.807) is 0 Å². The van der Waals surface area contributed by atoms with Gasteiger partial charge in [-0.2, -0.15) is 0 Å². The largest absolute Gasteiger partial charge is 0.454 e. The fourth-order valence-electron chi connectivity index (χ4n) is 5.39. The molecule has 2 heterocycles. The van der Waals surface area contributed by atoms with Gasteiger partial charge in [-0.3, -0.25) is 0 Å². The summed E-state index contributed by atoms with van der Waals surface area (Å²) in [4.78, 5) is 0. The average molecular weight is 445 g/mol. The Morgan fingerprint density at radius 2 is 1.47 bits per heavy atom. The molecule has 0 atom stereocenters. The normalized spacial score (nSPS) is 12.4. The molecular weight excluding hydrogens is 414 g/mol. The first-order chi connectivity index (χ1) is 16.3. The predicted molar refractivity (Wildman–Crippen MR) is 143 cm³/mol. The van der Waals surface area contributed by atoms with Gasteiger partial charge in [0, 0.05) is 28.3 Å². The van der Waals surface area contributed by atoms with Gasteiger partial charge in [0.25, 0.3) is 0 Å². The van der Waals surface area contributed by atoms with Crippen molar-refractivity contribution in [1.29, 1.82) is 0 Å². The molecular formula is C32H30NO+. The summed E-state index contributed by atoms with van der Waals surface area (Å²) >= 11 is 0. The van der Waals surface area contributed by atoms with Crippen LogP contribution in [0.2, 0.25) is 0 Å². The van der Waals surface area contributed by atoms with Crippen LogP contribution in [0, 0.1) is 12.3 Å². The smallest absolute Gasteiger partial charge is 0.216 e. The first-order valence-electron chi connectivity index (χ1n) is 12.1. The van der Waals surface area contributed by atoms with E-state index >= 15 is 0 Å². The Hall–Kier alpha value is -3.65. The Bertz CT molecular complexity index is 1730. The topological polar surface area (TPSA) is 17.0 Å². The van der Waals surface area contributed by atoms with Crippen molar-refractivity contribution in [3.05, 3.63) is 90.1 Å². The maximum absolute atomic E-state index is 6.82. The van der Waals surface area contributed by atoms with E-state index in [2.05, 4.69) is 118 Å². The maximum Gasteiger partial charge on any atom is 0.216 e. The Morgan fingerprint density at radius 1 is 0.765 bits per heavy atom. The van der Waals surface area contributed by atoms with Crippen LogP contribution in [0.4, 0.5) is 0 Å². The van der Waals surface area contributed by atoms with Crippen LogP contribution >= 0.6 is 0 Å². The zero-order valence-electron chi connectivity index (χ0n) is 20.6. The minimum absolute atomic E-state index is 0.234. The summed E-state index contributed by atoms with van der Waals surface area (Å²) in [6.07, 6.45) is 3.22. The molecule has 6 aromatic rings. The van der Waals surface area contributed by atoms with Crippen molar-refractivity contribution >= 4 is 43.5 Å². The van der Waals surface area contributed by atoms with Crippen molar-refractivity contribution in [1.82, 2.24) is 0 Å². The van der Waals surface area contributed by atoms with Gasteiger partial charge < -0.3 is 4.42 Å². The van der Waals surface area contributed by atoms with Crippen molar-refractivity contribution in [3.63, 3.8) is 0 Å². The summed E-state index contributed by atoms with van der Waals surface area (Å²) in [6, 6.07) is 26.4. The molecule has 0 saturated carbocycles. The van der Waals surface area contributed by atoms with Crippen LogP contribution in [0.3, 0.4) is 0 Å². The number of furan rings is 1. The summed E-state index contributed by atoms with van der Waals surface area (Å²) in [5, 5.41) is 7.23. The second-order valence-corrected chi connectivity index (χ2v) is 10.8. The molecule has 0 spiro atoms. The van der Waals surface area contributed by atoms with Gasteiger partial charge in [0.15, 0.2) is 6.20 Å². The number of rotatable bonds is 2. The van der Waals surface area contributed by atoms with Crippen LogP contribution in [0.1, 0.15) is 31.9 Å². The fourth-order valence-corrected chi connectivity index (χ4v) is 5.39. The van der Waals surface area contributed by atoms with Gasteiger partial charge in [0.05, 0.1) is 5.56 Å². The molecule has 6 rings (SSSR count). The third-order valence-corrected chi connectivity index (χ3v) is 6.93. The van der Waals surface area contributed by atoms with Crippen LogP contribution < -0.4 is 4.57 Å². The van der Waals surface area contributed by atoms with Gasteiger partial charge in [-0.1, -0.05) is 75.4 Å². The van der Waals surface area contributed by atoms with Crippen LogP contribution in [-0.2, 0) is 13.5 Å². The number of aryl methyl sites for hydroxylation is 2. The molecule has 0 aliphatic rings. The fraction of sp³-hybridized carbons (Fsp3) is 0.219. The molecule has 0 aliphatic carbocycles. The lowest BCUT2D eigenvalue weighted by Gasteiger charge is -2.18. The molecule has 0 aliphatic heterocycles. The molecule has 168 valence electrons. The van der Waals surface area contributed by atoms with Crippen molar-refractivity contribution in [3.8, 4) is 11.3 Å². The van der Waals surface area contributed by atoms with E-state index in [-0.39, 0.29) is 5.41 Å². The van der Waals surface area contributed by atoms with Gasteiger partial charge in [0.1, 0.15) is 18.2 Å². The quantitative estimate of drug-likeness (QED) is 0.194. The highest BCUT2D eigenvalue weighted by Gasteiger charge is 2.23. The van der Waals surface area contributed by atoms with E-state index in [0.29, 0.717) is 0 Å². The van der Waals surface area contributed by atoms with Gasteiger partial charge >= 0.3 is 0 Å². The molecule has 0 fully saturated rings. The zero-order chi connectivity index (χ0) is 23.6. The highest BCUT2D eigenvalue weighted by atomic mass is 16.3. The van der Waals surface area contributed by atoms with Crippen molar-refractivity contribution in [2.24, 2.45) is 12.5 Å². The molecule has 0 amide bonds. The van der Waals surface area contributed by atoms with E-state index in [0.717, 1.165) is 17.6 Å². The van der Waals surface area contributed by atoms with Crippen molar-refractivity contribution < 1.29 is 8.98 Å². The highest BCUT2D eigenvalue weighted by molar-refractivity contribution is 6.23. The number of hydrogen-bond acceptors (Lipinski definition) is 1. The van der Waals surface area contributed by atoms with E-state index in [4.69, 9.17) is 4.42 Å². The van der Waals surface area contributed by atoms with Crippen LogP contribution in [-0.4, -0.2) is 0 Å². The minimum Gasteiger partial charge on any atom is -0.454 e. The van der Waals surface area contributed by atoms with Gasteiger partial charge in [-0.15, -0.1) is 0 Å². The maximum atomic E-state index is 6.82. The Balaban J connectivity index is 1.70. The number of pyridine rings is 1. The average Bonchev–Trinajstić information content (AvgIpc) is 3.18. The molecule has 2 aromatic heterocycles. The van der Waals surface area contributed by atoms with Crippen LogP contribution in [0.15, 0.2) is 83.4 Å². The third-order valence-electron chi connectivity index (χ3n) is 6.93. The highest BCUT2D eigenvalue weighted by Crippen LogP contribution is 2.41. The SMILES string of the molecule is Cc1ccc2c(oc3c2ccc2ccc4ccccc4c23)c1-c1cc(CC(C)(C)C)cc[n+]1C. The van der Waals surface area contributed by atoms with Gasteiger partial charge in [-0.25, -0.2) is 4.57 Å². The van der Waals surface area contributed by atoms with Gasteiger partial charge in [0.2, 0.25) is 5.69 Å². The molecule has 2 nitrogen and oxygen atoms in total. The molecule has 0 radical (unpaired) electrons. The van der Waals surface area contributed by atoms with Crippen molar-refractivity contribution in [2.45, 2.75) is 34.1 Å². The standard InChI is InChI=1S/C32H30NO/c1-20-10-14-25-26-15-13-23-12-11-22-8-6-7-9-24(22)29(23)31(26)34-30(25)28(20)27-18-21(16-17-33(27)5)19-32(2,3)4/h6-18H,19H2,1-5H3/q+1. The molecule has 0 saturated heterocycles. The van der Waals surface area contributed by atoms with E-state index in [1.807, 2.05) is 0 Å². The number of nitrogens with zero attached hydrogens (tertiary/aromatic N) is 1. The summed E-state index contributed by atoms with van der Waals surface area (Å²) < 4.78 is 9.04. The molecule has 34 heavy (non-hydrogen) atoms. The predicted octanol–water partition coefficient (Wildman–Crippen LogP) is 8.28. The monoisotopic (exact) mass is 444 g/mol. The van der Waals surface area contributed by atoms with Crippen LogP contribution in [0.5, 0.6) is 0 Å². The summed E-state index contributed by atoms with van der Waals surface area (Å²) in [6.45, 7) is 9.06. The van der Waals surface area contributed by atoms with E-state index in [1.165, 1.54) is 54.7 Å². The minimum atomic E-state index is 0.234. The number of aromatic nitrogens is 1. The molecule has 2 heteroatoms. The summed E-state index contributed by atoms with van der Waals surface area (Å²) in [5.41, 5.74) is 7.13. The lowest BCUT2D eigenvalue weighted by Crippen LogP contribution is -2.31.